The number of benzene rings is 1. The Morgan fingerprint density at radius 3 is 2.74 bits per heavy atom. The van der Waals surface area contributed by atoms with Crippen LogP contribution in [0, 0.1) is 6.92 Å². The molecule has 1 aliphatic heterocycles. The van der Waals surface area contributed by atoms with Crippen LogP contribution in [0.15, 0.2) is 41.6 Å². The molecule has 120 valence electrons. The average molecular weight is 331 g/mol. The fourth-order valence-electron chi connectivity index (χ4n) is 2.70. The quantitative estimate of drug-likeness (QED) is 0.934. The van der Waals surface area contributed by atoms with Gasteiger partial charge in [0.15, 0.2) is 0 Å². The van der Waals surface area contributed by atoms with E-state index in [9.17, 15) is 13.2 Å². The van der Waals surface area contributed by atoms with E-state index in [-0.39, 0.29) is 10.8 Å². The molecule has 23 heavy (non-hydrogen) atoms. The lowest BCUT2D eigenvalue weighted by Gasteiger charge is -2.15. The lowest BCUT2D eigenvalue weighted by Crippen LogP contribution is -2.25. The number of aromatic nitrogens is 1. The van der Waals surface area contributed by atoms with Gasteiger partial charge < -0.3 is 4.90 Å². The second-order valence-electron chi connectivity index (χ2n) is 5.57. The molecule has 1 amide bonds. The summed E-state index contributed by atoms with van der Waals surface area (Å²) < 4.78 is 27.5. The van der Waals surface area contributed by atoms with E-state index in [0.717, 1.165) is 16.8 Å². The zero-order valence-corrected chi connectivity index (χ0v) is 13.7. The Bertz CT molecular complexity index is 878. The maximum Gasteiger partial charge on any atom is 0.261 e. The van der Waals surface area contributed by atoms with Crippen LogP contribution in [-0.2, 0) is 21.2 Å². The Morgan fingerprint density at radius 2 is 2.04 bits per heavy atom. The van der Waals surface area contributed by atoms with E-state index in [4.69, 9.17) is 0 Å². The van der Waals surface area contributed by atoms with Gasteiger partial charge in [-0.05, 0) is 48.7 Å². The zero-order valence-electron chi connectivity index (χ0n) is 12.9. The van der Waals surface area contributed by atoms with E-state index < -0.39 is 10.0 Å². The van der Waals surface area contributed by atoms with Gasteiger partial charge in [-0.1, -0.05) is 0 Å². The molecule has 0 aliphatic carbocycles. The number of hydrogen-bond acceptors (Lipinski definition) is 4. The van der Waals surface area contributed by atoms with Gasteiger partial charge in [0.25, 0.3) is 10.0 Å². The van der Waals surface area contributed by atoms with Crippen LogP contribution >= 0.6 is 0 Å². The van der Waals surface area contributed by atoms with Gasteiger partial charge in [-0.25, -0.2) is 8.42 Å². The Kier molecular flexibility index (Phi) is 3.81. The van der Waals surface area contributed by atoms with E-state index in [2.05, 4.69) is 9.71 Å². The molecule has 1 N–H and O–H groups in total. The Balaban J connectivity index is 1.91. The van der Waals surface area contributed by atoms with Crippen LogP contribution in [0.2, 0.25) is 0 Å². The highest BCUT2D eigenvalue weighted by Gasteiger charge is 2.24. The number of anilines is 2. The van der Waals surface area contributed by atoms with Gasteiger partial charge >= 0.3 is 0 Å². The summed E-state index contributed by atoms with van der Waals surface area (Å²) in [4.78, 5) is 17.4. The summed E-state index contributed by atoms with van der Waals surface area (Å²) in [5.74, 6) is -0.0386. The molecule has 0 radical (unpaired) electrons. The molecule has 7 heteroatoms. The van der Waals surface area contributed by atoms with E-state index in [0.29, 0.717) is 18.7 Å². The SMILES string of the molecule is CC(=O)N1CCc2cc(S(=O)(=O)Nc3cncc(C)c3)ccc21. The summed E-state index contributed by atoms with van der Waals surface area (Å²) in [6, 6.07) is 6.55. The molecule has 1 aromatic carbocycles. The van der Waals surface area contributed by atoms with Crippen molar-refractivity contribution in [1.82, 2.24) is 4.98 Å². The Labute approximate surface area is 135 Å². The first kappa shape index (κ1) is 15.5. The Morgan fingerprint density at radius 1 is 1.26 bits per heavy atom. The molecule has 0 bridgehead atoms. The van der Waals surface area contributed by atoms with Crippen LogP contribution in [0.4, 0.5) is 11.4 Å². The summed E-state index contributed by atoms with van der Waals surface area (Å²) >= 11 is 0. The number of fused-ring (bicyclic) bond motifs is 1. The van der Waals surface area contributed by atoms with Crippen molar-refractivity contribution in [3.05, 3.63) is 47.8 Å². The molecule has 2 aromatic rings. The normalized spacial score (nSPS) is 13.7. The topological polar surface area (TPSA) is 79.4 Å². The second-order valence-corrected chi connectivity index (χ2v) is 7.25. The molecular weight excluding hydrogens is 314 g/mol. The lowest BCUT2D eigenvalue weighted by molar-refractivity contribution is -0.116. The molecule has 0 saturated carbocycles. The van der Waals surface area contributed by atoms with Crippen molar-refractivity contribution in [2.24, 2.45) is 0 Å². The number of pyridine rings is 1. The smallest absolute Gasteiger partial charge is 0.261 e. The first-order valence-electron chi connectivity index (χ1n) is 7.22. The van der Waals surface area contributed by atoms with Gasteiger partial charge in [0.1, 0.15) is 0 Å². The van der Waals surface area contributed by atoms with Crippen LogP contribution in [0.3, 0.4) is 0 Å². The number of amides is 1. The van der Waals surface area contributed by atoms with Gasteiger partial charge in [0, 0.05) is 25.4 Å². The van der Waals surface area contributed by atoms with Crippen LogP contribution in [-0.4, -0.2) is 25.9 Å². The molecular formula is C16H17N3O3S. The molecule has 2 heterocycles. The van der Waals surface area contributed by atoms with Crippen molar-refractivity contribution in [3.8, 4) is 0 Å². The summed E-state index contributed by atoms with van der Waals surface area (Å²) in [7, 11) is -3.68. The number of nitrogens with one attached hydrogen (secondary N) is 1. The van der Waals surface area contributed by atoms with Gasteiger partial charge in [0.2, 0.25) is 5.91 Å². The monoisotopic (exact) mass is 331 g/mol. The predicted molar refractivity (Wildman–Crippen MR) is 88.0 cm³/mol. The third-order valence-corrected chi connectivity index (χ3v) is 5.14. The van der Waals surface area contributed by atoms with Crippen LogP contribution in [0.25, 0.3) is 0 Å². The van der Waals surface area contributed by atoms with E-state index in [1.807, 2.05) is 6.92 Å². The highest BCUT2D eigenvalue weighted by atomic mass is 32.2. The third-order valence-electron chi connectivity index (χ3n) is 3.76. The van der Waals surface area contributed by atoms with Crippen molar-refractivity contribution >= 4 is 27.3 Å². The lowest BCUT2D eigenvalue weighted by atomic mass is 10.2. The van der Waals surface area contributed by atoms with Gasteiger partial charge in [-0.2, -0.15) is 0 Å². The first-order valence-corrected chi connectivity index (χ1v) is 8.70. The number of carbonyl (C=O) groups excluding carboxylic acids is 1. The molecule has 1 aromatic heterocycles. The minimum atomic E-state index is -3.68. The zero-order chi connectivity index (χ0) is 16.6. The van der Waals surface area contributed by atoms with Crippen LogP contribution < -0.4 is 9.62 Å². The van der Waals surface area contributed by atoms with Gasteiger partial charge in [-0.15, -0.1) is 0 Å². The minimum Gasteiger partial charge on any atom is -0.312 e. The molecule has 0 atom stereocenters. The molecule has 0 unspecified atom stereocenters. The number of aryl methyl sites for hydroxylation is 1. The highest BCUT2D eigenvalue weighted by Crippen LogP contribution is 2.30. The molecule has 1 aliphatic rings. The third kappa shape index (κ3) is 3.05. The van der Waals surface area contributed by atoms with Crippen molar-refractivity contribution < 1.29 is 13.2 Å². The van der Waals surface area contributed by atoms with Crippen molar-refractivity contribution in [2.45, 2.75) is 25.2 Å². The summed E-state index contributed by atoms with van der Waals surface area (Å²) in [5.41, 5.74) is 2.95. The second kappa shape index (κ2) is 5.66. The van der Waals surface area contributed by atoms with E-state index in [1.165, 1.54) is 19.2 Å². The summed E-state index contributed by atoms with van der Waals surface area (Å²) in [6.07, 6.45) is 3.78. The molecule has 6 nitrogen and oxygen atoms in total. The number of sulfonamides is 1. The highest BCUT2D eigenvalue weighted by molar-refractivity contribution is 7.92. The van der Waals surface area contributed by atoms with Crippen molar-refractivity contribution in [3.63, 3.8) is 0 Å². The molecule has 0 fully saturated rings. The number of carbonyl (C=O) groups is 1. The number of hydrogen-bond donors (Lipinski definition) is 1. The minimum absolute atomic E-state index is 0.0386. The van der Waals surface area contributed by atoms with Gasteiger partial charge in [0.05, 0.1) is 16.8 Å². The standard InChI is InChI=1S/C16H17N3O3S/c1-11-7-14(10-17-9-11)18-23(21,22)15-3-4-16-13(8-15)5-6-19(16)12(2)20/h3-4,7-10,18H,5-6H2,1-2H3. The maximum absolute atomic E-state index is 12.5. The number of rotatable bonds is 3. The number of nitrogens with zero attached hydrogens (tertiary/aromatic N) is 2. The maximum atomic E-state index is 12.5. The van der Waals surface area contributed by atoms with Crippen LogP contribution in [0.1, 0.15) is 18.1 Å². The Hall–Kier alpha value is -2.41. The largest absolute Gasteiger partial charge is 0.312 e. The summed E-state index contributed by atoms with van der Waals surface area (Å²) in [5, 5.41) is 0. The van der Waals surface area contributed by atoms with E-state index in [1.54, 1.807) is 29.3 Å². The van der Waals surface area contributed by atoms with E-state index >= 15 is 0 Å². The predicted octanol–water partition coefficient (Wildman–Crippen LogP) is 2.10. The van der Waals surface area contributed by atoms with Crippen LogP contribution in [0.5, 0.6) is 0 Å². The summed E-state index contributed by atoms with van der Waals surface area (Å²) in [6.45, 7) is 3.94. The average Bonchev–Trinajstić information content (AvgIpc) is 2.89. The molecule has 0 spiro atoms. The molecule has 3 rings (SSSR count). The first-order chi connectivity index (χ1) is 10.9. The van der Waals surface area contributed by atoms with Gasteiger partial charge in [-0.3, -0.25) is 14.5 Å². The van der Waals surface area contributed by atoms with Crippen molar-refractivity contribution in [2.75, 3.05) is 16.2 Å². The van der Waals surface area contributed by atoms with Crippen molar-refractivity contribution in [1.29, 1.82) is 0 Å². The fourth-order valence-corrected chi connectivity index (χ4v) is 3.78. The molecule has 0 saturated heterocycles. The fraction of sp³-hybridized carbons (Fsp3) is 0.250.